The zero-order chi connectivity index (χ0) is 20.2. The molecule has 0 atom stereocenters. The van der Waals surface area contributed by atoms with Gasteiger partial charge in [0.1, 0.15) is 5.82 Å². The number of amides is 1. The number of nitrogens with zero attached hydrogens (tertiary/aromatic N) is 3. The highest BCUT2D eigenvalue weighted by molar-refractivity contribution is 6.05. The van der Waals surface area contributed by atoms with E-state index in [9.17, 15) is 4.79 Å². The fraction of sp³-hybridized carbons (Fsp3) is 0.250. The Hall–Kier alpha value is -3.34. The smallest absolute Gasteiger partial charge is 0.255 e. The van der Waals surface area contributed by atoms with Crippen LogP contribution in [-0.4, -0.2) is 37.1 Å². The van der Waals surface area contributed by atoms with Crippen molar-refractivity contribution in [1.29, 1.82) is 0 Å². The first-order valence-electron chi connectivity index (χ1n) is 10.00. The van der Waals surface area contributed by atoms with Crippen LogP contribution in [0.25, 0.3) is 0 Å². The van der Waals surface area contributed by atoms with Crippen molar-refractivity contribution < 1.29 is 4.79 Å². The fourth-order valence-corrected chi connectivity index (χ4v) is 3.69. The second-order valence-electron chi connectivity index (χ2n) is 7.49. The Morgan fingerprint density at radius 1 is 0.897 bits per heavy atom. The Morgan fingerprint density at radius 2 is 1.66 bits per heavy atom. The predicted octanol–water partition coefficient (Wildman–Crippen LogP) is 4.28. The van der Waals surface area contributed by atoms with E-state index in [4.69, 9.17) is 0 Å². The summed E-state index contributed by atoms with van der Waals surface area (Å²) in [6.45, 7) is 7.86. The van der Waals surface area contributed by atoms with Crippen LogP contribution in [0.4, 0.5) is 17.2 Å². The van der Waals surface area contributed by atoms with E-state index >= 15 is 0 Å². The van der Waals surface area contributed by atoms with Crippen LogP contribution in [0.15, 0.2) is 66.9 Å². The molecule has 4 rings (SSSR count). The summed E-state index contributed by atoms with van der Waals surface area (Å²) in [6, 6.07) is 20.1. The monoisotopic (exact) mass is 386 g/mol. The normalized spacial score (nSPS) is 14.0. The number of carbonyl (C=O) groups is 1. The van der Waals surface area contributed by atoms with Gasteiger partial charge in [-0.3, -0.25) is 4.79 Å². The van der Waals surface area contributed by atoms with E-state index in [-0.39, 0.29) is 5.91 Å². The molecule has 0 bridgehead atoms. The van der Waals surface area contributed by atoms with Crippen molar-refractivity contribution in [1.82, 2.24) is 4.98 Å². The average Bonchev–Trinajstić information content (AvgIpc) is 2.75. The molecular formula is C24H26N4O. The molecule has 5 heteroatoms. The highest BCUT2D eigenvalue weighted by Crippen LogP contribution is 2.21. The van der Waals surface area contributed by atoms with E-state index in [1.165, 1.54) is 11.3 Å². The molecule has 1 saturated heterocycles. The van der Waals surface area contributed by atoms with Crippen molar-refractivity contribution in [2.24, 2.45) is 0 Å². The molecule has 148 valence electrons. The predicted molar refractivity (Wildman–Crippen MR) is 119 cm³/mol. The number of anilines is 3. The van der Waals surface area contributed by atoms with E-state index in [1.54, 1.807) is 6.20 Å². The summed E-state index contributed by atoms with van der Waals surface area (Å²) < 4.78 is 0. The number of benzene rings is 2. The number of aryl methyl sites for hydroxylation is 2. The number of piperazine rings is 1. The van der Waals surface area contributed by atoms with E-state index in [1.807, 2.05) is 43.3 Å². The maximum atomic E-state index is 12.5. The molecule has 2 aromatic carbocycles. The maximum absolute atomic E-state index is 12.5. The summed E-state index contributed by atoms with van der Waals surface area (Å²) in [7, 11) is 0. The van der Waals surface area contributed by atoms with Crippen LogP contribution in [0.2, 0.25) is 0 Å². The molecule has 1 aromatic heterocycles. The van der Waals surface area contributed by atoms with Crippen molar-refractivity contribution in [2.75, 3.05) is 41.3 Å². The molecule has 0 unspecified atom stereocenters. The molecule has 1 amide bonds. The van der Waals surface area contributed by atoms with Gasteiger partial charge in [0, 0.05) is 37.4 Å². The molecule has 0 radical (unpaired) electrons. The molecule has 1 aliphatic heterocycles. The number of aromatic nitrogens is 1. The molecule has 0 spiro atoms. The Morgan fingerprint density at radius 3 is 2.34 bits per heavy atom. The number of nitrogens with one attached hydrogen (secondary N) is 1. The molecule has 0 aliphatic carbocycles. The highest BCUT2D eigenvalue weighted by Gasteiger charge is 2.18. The van der Waals surface area contributed by atoms with Gasteiger partial charge in [0.15, 0.2) is 0 Å². The van der Waals surface area contributed by atoms with Gasteiger partial charge in [-0.05, 0) is 55.3 Å². The van der Waals surface area contributed by atoms with Gasteiger partial charge >= 0.3 is 0 Å². The van der Waals surface area contributed by atoms with Crippen LogP contribution in [0, 0.1) is 13.8 Å². The van der Waals surface area contributed by atoms with Gasteiger partial charge in [-0.1, -0.05) is 30.3 Å². The Labute approximate surface area is 172 Å². The van der Waals surface area contributed by atoms with Crippen LogP contribution in [0.5, 0.6) is 0 Å². The summed E-state index contributed by atoms with van der Waals surface area (Å²) in [5.74, 6) is 0.840. The lowest BCUT2D eigenvalue weighted by Gasteiger charge is -2.36. The molecule has 0 saturated carbocycles. The Kier molecular flexibility index (Phi) is 5.47. The maximum Gasteiger partial charge on any atom is 0.255 e. The molecular weight excluding hydrogens is 360 g/mol. The third-order valence-electron chi connectivity index (χ3n) is 5.37. The minimum absolute atomic E-state index is 0.107. The third kappa shape index (κ3) is 4.40. The van der Waals surface area contributed by atoms with Gasteiger partial charge in [0.25, 0.3) is 5.91 Å². The molecule has 5 nitrogen and oxygen atoms in total. The number of pyridine rings is 1. The quantitative estimate of drug-likeness (QED) is 0.727. The van der Waals surface area contributed by atoms with Gasteiger partial charge in [-0.25, -0.2) is 4.98 Å². The molecule has 29 heavy (non-hydrogen) atoms. The SMILES string of the molecule is Cc1cccc(N2CCN(c3ccc(NC(=O)c4ccccc4C)cn3)CC2)c1. The number of rotatable bonds is 4. The van der Waals surface area contributed by atoms with Crippen LogP contribution >= 0.6 is 0 Å². The van der Waals surface area contributed by atoms with Gasteiger partial charge in [0.05, 0.1) is 11.9 Å². The first-order valence-corrected chi connectivity index (χ1v) is 10.00. The lowest BCUT2D eigenvalue weighted by Crippen LogP contribution is -2.46. The van der Waals surface area contributed by atoms with Gasteiger partial charge in [0.2, 0.25) is 0 Å². The minimum Gasteiger partial charge on any atom is -0.368 e. The number of hydrogen-bond acceptors (Lipinski definition) is 4. The van der Waals surface area contributed by atoms with Gasteiger partial charge in [-0.15, -0.1) is 0 Å². The first-order chi connectivity index (χ1) is 14.1. The summed E-state index contributed by atoms with van der Waals surface area (Å²) in [4.78, 5) is 21.7. The van der Waals surface area contributed by atoms with Crippen molar-refractivity contribution >= 4 is 23.1 Å². The van der Waals surface area contributed by atoms with Crippen LogP contribution in [0.3, 0.4) is 0 Å². The zero-order valence-corrected chi connectivity index (χ0v) is 16.9. The Bertz CT molecular complexity index is 992. The molecule has 1 N–H and O–H groups in total. The van der Waals surface area contributed by atoms with Crippen LogP contribution in [0.1, 0.15) is 21.5 Å². The summed E-state index contributed by atoms with van der Waals surface area (Å²) in [5, 5.41) is 2.93. The van der Waals surface area contributed by atoms with E-state index in [0.29, 0.717) is 11.3 Å². The largest absolute Gasteiger partial charge is 0.368 e. The van der Waals surface area contributed by atoms with Crippen molar-refractivity contribution in [3.05, 3.63) is 83.6 Å². The van der Waals surface area contributed by atoms with E-state index in [2.05, 4.69) is 51.3 Å². The molecule has 1 fully saturated rings. The minimum atomic E-state index is -0.107. The second-order valence-corrected chi connectivity index (χ2v) is 7.49. The summed E-state index contributed by atoms with van der Waals surface area (Å²) in [6.07, 6.45) is 1.73. The van der Waals surface area contributed by atoms with Crippen LogP contribution < -0.4 is 15.1 Å². The molecule has 3 aromatic rings. The summed E-state index contributed by atoms with van der Waals surface area (Å²) >= 11 is 0. The van der Waals surface area contributed by atoms with E-state index < -0.39 is 0 Å². The second kappa shape index (κ2) is 8.35. The lowest BCUT2D eigenvalue weighted by molar-refractivity contribution is 0.102. The van der Waals surface area contributed by atoms with E-state index in [0.717, 1.165) is 37.6 Å². The molecule has 1 aliphatic rings. The summed E-state index contributed by atoms with van der Waals surface area (Å²) in [5.41, 5.74) is 4.92. The fourth-order valence-electron chi connectivity index (χ4n) is 3.69. The first kappa shape index (κ1) is 19.0. The van der Waals surface area contributed by atoms with Crippen molar-refractivity contribution in [3.63, 3.8) is 0 Å². The molecule has 2 heterocycles. The van der Waals surface area contributed by atoms with Gasteiger partial charge < -0.3 is 15.1 Å². The number of carbonyl (C=O) groups excluding carboxylic acids is 1. The average molecular weight is 386 g/mol. The van der Waals surface area contributed by atoms with Gasteiger partial charge in [-0.2, -0.15) is 0 Å². The van der Waals surface area contributed by atoms with Crippen molar-refractivity contribution in [3.8, 4) is 0 Å². The number of hydrogen-bond donors (Lipinski definition) is 1. The van der Waals surface area contributed by atoms with Crippen molar-refractivity contribution in [2.45, 2.75) is 13.8 Å². The zero-order valence-electron chi connectivity index (χ0n) is 16.9. The Balaban J connectivity index is 1.36. The standard InChI is InChI=1S/C24H26N4O/c1-18-6-5-8-21(16-18)27-12-14-28(15-13-27)23-11-10-20(17-25-23)26-24(29)22-9-4-3-7-19(22)2/h3-11,16-17H,12-15H2,1-2H3,(H,26,29). The highest BCUT2D eigenvalue weighted by atomic mass is 16.1. The van der Waals surface area contributed by atoms with Crippen LogP contribution in [-0.2, 0) is 0 Å². The lowest BCUT2D eigenvalue weighted by atomic mass is 10.1. The topological polar surface area (TPSA) is 48.5 Å². The third-order valence-corrected chi connectivity index (χ3v) is 5.37.